The van der Waals surface area contributed by atoms with Crippen molar-refractivity contribution in [2.45, 2.75) is 6.54 Å². The molecule has 0 aliphatic rings. The Hall–Kier alpha value is -0.430. The molecule has 2 N–H and O–H groups in total. The van der Waals surface area contributed by atoms with Crippen LogP contribution < -0.4 is 27.3 Å². The van der Waals surface area contributed by atoms with E-state index in [1.807, 2.05) is 12.1 Å². The van der Waals surface area contributed by atoms with Crippen LogP contribution in [0.25, 0.3) is 0 Å². The van der Waals surface area contributed by atoms with Gasteiger partial charge in [-0.15, -0.1) is 0 Å². The monoisotopic (exact) mass is 482 g/mol. The molecule has 0 amide bonds. The molecule has 0 saturated heterocycles. The fourth-order valence-corrected chi connectivity index (χ4v) is 2.70. The van der Waals surface area contributed by atoms with Crippen LogP contribution in [-0.4, -0.2) is 5.78 Å². The highest BCUT2D eigenvalue weighted by atomic mass is 79.9. The van der Waals surface area contributed by atoms with Crippen molar-refractivity contribution in [3.63, 3.8) is 0 Å². The van der Waals surface area contributed by atoms with Crippen LogP contribution in [0.1, 0.15) is 10.4 Å². The van der Waals surface area contributed by atoms with Gasteiger partial charge in [-0.25, -0.2) is 4.57 Å². The van der Waals surface area contributed by atoms with Gasteiger partial charge in [0.25, 0.3) is 5.82 Å². The molecular formula is C13H10Br3ClN2O. The second-order valence-corrected chi connectivity index (χ2v) is 6.16. The SMILES string of the molecule is Nc1c(Br)cc(Cl)c[n+]1CC(=O)c1ccc(Br)cc1.[Br-]. The topological polar surface area (TPSA) is 47.0 Å². The van der Waals surface area contributed by atoms with Crippen LogP contribution in [0.2, 0.25) is 5.02 Å². The van der Waals surface area contributed by atoms with Gasteiger partial charge >= 0.3 is 0 Å². The Balaban J connectivity index is 0.00000200. The van der Waals surface area contributed by atoms with E-state index in [9.17, 15) is 4.79 Å². The first-order chi connectivity index (χ1) is 8.97. The van der Waals surface area contributed by atoms with Crippen LogP contribution in [0.4, 0.5) is 5.82 Å². The second-order valence-electron chi connectivity index (χ2n) is 3.95. The largest absolute Gasteiger partial charge is 1.00 e. The number of nitrogens with two attached hydrogens (primary N) is 1. The van der Waals surface area contributed by atoms with E-state index >= 15 is 0 Å². The second kappa shape index (κ2) is 7.54. The Labute approximate surface area is 149 Å². The van der Waals surface area contributed by atoms with Crippen LogP contribution >= 0.6 is 43.5 Å². The first-order valence-corrected chi connectivity index (χ1v) is 7.36. The van der Waals surface area contributed by atoms with E-state index < -0.39 is 0 Å². The number of anilines is 1. The molecule has 3 nitrogen and oxygen atoms in total. The summed E-state index contributed by atoms with van der Waals surface area (Å²) in [4.78, 5) is 12.2. The molecule has 0 bridgehead atoms. The molecule has 0 aliphatic heterocycles. The number of nitrogens with zero attached hydrogens (tertiary/aromatic N) is 1. The summed E-state index contributed by atoms with van der Waals surface area (Å²) in [5.74, 6) is 0.438. The highest BCUT2D eigenvalue weighted by Crippen LogP contribution is 2.19. The van der Waals surface area contributed by atoms with E-state index in [2.05, 4.69) is 31.9 Å². The zero-order valence-electron chi connectivity index (χ0n) is 10.1. The van der Waals surface area contributed by atoms with E-state index in [4.69, 9.17) is 17.3 Å². The average Bonchev–Trinajstić information content (AvgIpc) is 2.36. The molecule has 0 fully saturated rings. The molecule has 0 aliphatic carbocycles. The zero-order chi connectivity index (χ0) is 14.0. The lowest BCUT2D eigenvalue weighted by Crippen LogP contribution is -3.00. The van der Waals surface area contributed by atoms with Gasteiger partial charge in [0.05, 0.1) is 5.02 Å². The standard InChI is InChI=1S/C13H9Br2ClN2O.BrH/c14-9-3-1-8(2-4-9)12(19)7-18-6-10(16)5-11(15)13(18)17;/h1-6,17H,7H2;1H. The minimum Gasteiger partial charge on any atom is -1.00 e. The van der Waals surface area contributed by atoms with Gasteiger partial charge in [0.2, 0.25) is 5.78 Å². The van der Waals surface area contributed by atoms with Crippen molar-refractivity contribution in [2.24, 2.45) is 0 Å². The van der Waals surface area contributed by atoms with E-state index in [1.165, 1.54) is 0 Å². The van der Waals surface area contributed by atoms with Gasteiger partial charge < -0.3 is 17.0 Å². The van der Waals surface area contributed by atoms with Gasteiger partial charge in [0.1, 0.15) is 10.7 Å². The summed E-state index contributed by atoms with van der Waals surface area (Å²) in [5, 5.41) is 0.518. The van der Waals surface area contributed by atoms with Gasteiger partial charge in [0.15, 0.2) is 6.54 Å². The molecule has 1 aromatic carbocycles. The minimum atomic E-state index is -0.0293. The molecule has 0 atom stereocenters. The number of pyridine rings is 1. The van der Waals surface area contributed by atoms with E-state index in [0.717, 1.165) is 4.47 Å². The first kappa shape index (κ1) is 17.6. The van der Waals surface area contributed by atoms with Crippen molar-refractivity contribution in [1.82, 2.24) is 0 Å². The van der Waals surface area contributed by atoms with Crippen LogP contribution in [0.3, 0.4) is 0 Å². The first-order valence-electron chi connectivity index (χ1n) is 5.40. The normalized spacial score (nSPS) is 9.95. The average molecular weight is 485 g/mol. The predicted octanol–water partition coefficient (Wildman–Crippen LogP) is 0.622. The highest BCUT2D eigenvalue weighted by Gasteiger charge is 2.15. The number of Topliss-reactive ketones (excluding diaryl/α,β-unsaturated/α-hetero) is 1. The van der Waals surface area contributed by atoms with Crippen LogP contribution in [-0.2, 0) is 6.54 Å². The number of nitrogen functional groups attached to an aromatic ring is 1. The third kappa shape index (κ3) is 4.28. The number of rotatable bonds is 3. The molecular weight excluding hydrogens is 475 g/mol. The lowest BCUT2D eigenvalue weighted by molar-refractivity contribution is -0.669. The van der Waals surface area contributed by atoms with Crippen LogP contribution in [0.5, 0.6) is 0 Å². The number of carbonyl (C=O) groups excluding carboxylic acids is 1. The molecule has 0 unspecified atom stereocenters. The fraction of sp³-hybridized carbons (Fsp3) is 0.0769. The molecule has 0 spiro atoms. The molecule has 1 aromatic heterocycles. The lowest BCUT2D eigenvalue weighted by Gasteiger charge is -2.05. The smallest absolute Gasteiger partial charge is 0.287 e. The Bertz CT molecular complexity index is 632. The van der Waals surface area contributed by atoms with Gasteiger partial charge in [-0.2, -0.15) is 0 Å². The maximum Gasteiger partial charge on any atom is 0.287 e. The summed E-state index contributed by atoms with van der Waals surface area (Å²) in [6.07, 6.45) is 1.64. The number of ketones is 1. The number of hydrogen-bond donors (Lipinski definition) is 1. The summed E-state index contributed by atoms with van der Waals surface area (Å²) >= 11 is 12.6. The van der Waals surface area contributed by atoms with Gasteiger partial charge in [-0.3, -0.25) is 10.5 Å². The fourth-order valence-electron chi connectivity index (χ4n) is 1.60. The van der Waals surface area contributed by atoms with Gasteiger partial charge in [0, 0.05) is 10.0 Å². The van der Waals surface area contributed by atoms with Gasteiger partial charge in [-0.05, 0) is 34.1 Å². The quantitative estimate of drug-likeness (QED) is 0.512. The summed E-state index contributed by atoms with van der Waals surface area (Å²) < 4.78 is 3.22. The molecule has 0 saturated carbocycles. The number of carbonyl (C=O) groups is 1. The maximum absolute atomic E-state index is 12.2. The molecule has 7 heteroatoms. The summed E-state index contributed by atoms with van der Waals surface area (Å²) in [5.41, 5.74) is 6.53. The number of benzene rings is 1. The third-order valence-electron chi connectivity index (χ3n) is 2.58. The van der Waals surface area contributed by atoms with E-state index in [1.54, 1.807) is 29.0 Å². The Morgan fingerprint density at radius 1 is 1.25 bits per heavy atom. The van der Waals surface area contributed by atoms with Gasteiger partial charge in [-0.1, -0.05) is 39.7 Å². The predicted molar refractivity (Wildman–Crippen MR) is 82.2 cm³/mol. The molecule has 20 heavy (non-hydrogen) atoms. The van der Waals surface area contributed by atoms with Crippen molar-refractivity contribution in [2.75, 3.05) is 5.73 Å². The van der Waals surface area contributed by atoms with Crippen molar-refractivity contribution >= 4 is 55.1 Å². The molecule has 2 rings (SSSR count). The van der Waals surface area contributed by atoms with Crippen LogP contribution in [0, 0.1) is 0 Å². The summed E-state index contributed by atoms with van der Waals surface area (Å²) in [7, 11) is 0. The molecule has 1 heterocycles. The third-order valence-corrected chi connectivity index (χ3v) is 3.95. The Morgan fingerprint density at radius 2 is 1.85 bits per heavy atom. The van der Waals surface area contributed by atoms with Crippen molar-refractivity contribution in [3.8, 4) is 0 Å². The van der Waals surface area contributed by atoms with E-state index in [-0.39, 0.29) is 29.3 Å². The highest BCUT2D eigenvalue weighted by molar-refractivity contribution is 9.10. The molecule has 106 valence electrons. The summed E-state index contributed by atoms with van der Waals surface area (Å²) in [6.45, 7) is 0.145. The summed E-state index contributed by atoms with van der Waals surface area (Å²) in [6, 6.07) is 8.88. The Kier molecular flexibility index (Phi) is 6.64. The lowest BCUT2D eigenvalue weighted by atomic mass is 10.1. The Morgan fingerprint density at radius 3 is 2.45 bits per heavy atom. The number of hydrogen-bond acceptors (Lipinski definition) is 2. The zero-order valence-corrected chi connectivity index (χ0v) is 15.6. The maximum atomic E-state index is 12.2. The van der Waals surface area contributed by atoms with Crippen LogP contribution in [0.15, 0.2) is 45.5 Å². The number of halogens is 4. The minimum absolute atomic E-state index is 0. The van der Waals surface area contributed by atoms with Crippen molar-refractivity contribution in [3.05, 3.63) is 56.1 Å². The number of aromatic nitrogens is 1. The van der Waals surface area contributed by atoms with Crippen molar-refractivity contribution < 1.29 is 26.3 Å². The van der Waals surface area contributed by atoms with Crippen molar-refractivity contribution in [1.29, 1.82) is 0 Å². The molecule has 0 radical (unpaired) electrons. The molecule has 2 aromatic rings. The van der Waals surface area contributed by atoms with E-state index in [0.29, 0.717) is 20.9 Å².